The highest BCUT2D eigenvalue weighted by Gasteiger charge is 2.08. The minimum absolute atomic E-state index is 0. The van der Waals surface area contributed by atoms with E-state index in [0.717, 1.165) is 17.5 Å². The fourth-order valence-electron chi connectivity index (χ4n) is 2.74. The molecule has 0 unspecified atom stereocenters. The minimum Gasteiger partial charge on any atom is -0.356 e. The van der Waals surface area contributed by atoms with Crippen LogP contribution in [0.4, 0.5) is 0 Å². The summed E-state index contributed by atoms with van der Waals surface area (Å²) < 4.78 is 0. The molecule has 5 nitrogen and oxygen atoms in total. The van der Waals surface area contributed by atoms with Crippen LogP contribution in [-0.2, 0) is 12.8 Å². The van der Waals surface area contributed by atoms with Gasteiger partial charge < -0.3 is 15.5 Å². The van der Waals surface area contributed by atoms with Gasteiger partial charge in [-0.1, -0.05) is 41.4 Å². The van der Waals surface area contributed by atoms with E-state index in [1.807, 2.05) is 42.5 Å². The fraction of sp³-hybridized carbons (Fsp3) is 0.333. The standard InChI is InChI=1S/C21H26Cl2N4O.HI/c1-24-21(26-13-11-17-18(22)8-5-9-19(17)23)25-12-10-15-6-4-7-16(14-15)20(28)27(2)3;/h4-9,14H,10-13H2,1-3H3,(H2,24,25,26);1H. The number of rotatable bonds is 7. The highest BCUT2D eigenvalue weighted by molar-refractivity contribution is 14.0. The molecular weight excluding hydrogens is 522 g/mol. The van der Waals surface area contributed by atoms with E-state index in [4.69, 9.17) is 23.2 Å². The van der Waals surface area contributed by atoms with Crippen molar-refractivity contribution in [3.63, 3.8) is 0 Å². The number of halogens is 3. The van der Waals surface area contributed by atoms with E-state index in [1.165, 1.54) is 0 Å². The molecule has 8 heteroatoms. The molecule has 0 atom stereocenters. The van der Waals surface area contributed by atoms with Gasteiger partial charge in [0.05, 0.1) is 0 Å². The number of carbonyl (C=O) groups excluding carboxylic acids is 1. The number of hydrogen-bond acceptors (Lipinski definition) is 2. The molecule has 2 rings (SSSR count). The zero-order valence-electron chi connectivity index (χ0n) is 16.8. The van der Waals surface area contributed by atoms with E-state index in [0.29, 0.717) is 41.1 Å². The molecule has 0 fully saturated rings. The Balaban J connectivity index is 0.00000420. The Morgan fingerprint density at radius 3 is 2.17 bits per heavy atom. The monoisotopic (exact) mass is 548 g/mol. The van der Waals surface area contributed by atoms with Gasteiger partial charge in [0, 0.05) is 49.8 Å². The molecule has 158 valence electrons. The zero-order chi connectivity index (χ0) is 20.5. The summed E-state index contributed by atoms with van der Waals surface area (Å²) in [5, 5.41) is 7.89. The average Bonchev–Trinajstić information content (AvgIpc) is 2.68. The van der Waals surface area contributed by atoms with Crippen molar-refractivity contribution in [2.45, 2.75) is 12.8 Å². The number of amides is 1. The largest absolute Gasteiger partial charge is 0.356 e. The Hall–Kier alpha value is -1.51. The van der Waals surface area contributed by atoms with Crippen LogP contribution in [0.15, 0.2) is 47.5 Å². The summed E-state index contributed by atoms with van der Waals surface area (Å²) in [4.78, 5) is 17.9. The Morgan fingerprint density at radius 2 is 1.59 bits per heavy atom. The van der Waals surface area contributed by atoms with Crippen molar-refractivity contribution in [1.29, 1.82) is 0 Å². The molecule has 29 heavy (non-hydrogen) atoms. The third-order valence-electron chi connectivity index (χ3n) is 4.24. The smallest absolute Gasteiger partial charge is 0.253 e. The maximum atomic E-state index is 12.1. The van der Waals surface area contributed by atoms with E-state index in [2.05, 4.69) is 15.6 Å². The predicted molar refractivity (Wildman–Crippen MR) is 133 cm³/mol. The molecule has 0 aliphatic heterocycles. The van der Waals surface area contributed by atoms with Crippen LogP contribution in [0.2, 0.25) is 10.0 Å². The lowest BCUT2D eigenvalue weighted by molar-refractivity contribution is 0.0827. The molecule has 0 bridgehead atoms. The van der Waals surface area contributed by atoms with E-state index >= 15 is 0 Å². The van der Waals surface area contributed by atoms with Crippen LogP contribution in [0.1, 0.15) is 21.5 Å². The number of guanidine groups is 1. The molecule has 0 aliphatic carbocycles. The van der Waals surface area contributed by atoms with Gasteiger partial charge in [-0.15, -0.1) is 24.0 Å². The third kappa shape index (κ3) is 8.03. The molecule has 1 amide bonds. The molecule has 0 saturated heterocycles. The summed E-state index contributed by atoms with van der Waals surface area (Å²) in [6, 6.07) is 13.2. The number of benzene rings is 2. The Kier molecular flexibility index (Phi) is 11.4. The average molecular weight is 549 g/mol. The summed E-state index contributed by atoms with van der Waals surface area (Å²) in [7, 11) is 5.23. The van der Waals surface area contributed by atoms with Gasteiger partial charge in [-0.25, -0.2) is 0 Å². The molecule has 0 spiro atoms. The topological polar surface area (TPSA) is 56.7 Å². The summed E-state index contributed by atoms with van der Waals surface area (Å²) in [6.45, 7) is 1.36. The Bertz CT molecular complexity index is 823. The third-order valence-corrected chi connectivity index (χ3v) is 4.95. The number of hydrogen-bond donors (Lipinski definition) is 2. The van der Waals surface area contributed by atoms with E-state index < -0.39 is 0 Å². The molecule has 0 heterocycles. The normalized spacial score (nSPS) is 10.9. The highest BCUT2D eigenvalue weighted by atomic mass is 127. The summed E-state index contributed by atoms with van der Waals surface area (Å²) in [6.07, 6.45) is 1.49. The highest BCUT2D eigenvalue weighted by Crippen LogP contribution is 2.24. The van der Waals surface area contributed by atoms with Crippen molar-refractivity contribution >= 4 is 59.0 Å². The first-order valence-corrected chi connectivity index (χ1v) is 9.86. The van der Waals surface area contributed by atoms with Crippen molar-refractivity contribution in [1.82, 2.24) is 15.5 Å². The van der Waals surface area contributed by atoms with Crippen LogP contribution in [0.3, 0.4) is 0 Å². The number of carbonyl (C=O) groups is 1. The molecular formula is C21H27Cl2IN4O. The lowest BCUT2D eigenvalue weighted by Crippen LogP contribution is -2.39. The second kappa shape index (κ2) is 12.9. The Labute approximate surface area is 199 Å². The van der Waals surface area contributed by atoms with Gasteiger partial charge in [0.2, 0.25) is 0 Å². The zero-order valence-corrected chi connectivity index (χ0v) is 20.7. The number of nitrogens with zero attached hydrogens (tertiary/aromatic N) is 2. The molecule has 0 aromatic heterocycles. The molecule has 0 saturated carbocycles. The molecule has 0 aliphatic rings. The van der Waals surface area contributed by atoms with Crippen molar-refractivity contribution in [3.05, 3.63) is 69.2 Å². The summed E-state index contributed by atoms with van der Waals surface area (Å²) >= 11 is 12.4. The fourth-order valence-corrected chi connectivity index (χ4v) is 3.33. The van der Waals surface area contributed by atoms with Crippen LogP contribution < -0.4 is 10.6 Å². The minimum atomic E-state index is 0. The summed E-state index contributed by atoms with van der Waals surface area (Å²) in [5.41, 5.74) is 2.72. The van der Waals surface area contributed by atoms with Crippen molar-refractivity contribution in [2.75, 3.05) is 34.2 Å². The van der Waals surface area contributed by atoms with E-state index in [1.54, 1.807) is 26.0 Å². The van der Waals surface area contributed by atoms with Gasteiger partial charge in [0.15, 0.2) is 5.96 Å². The number of nitrogens with one attached hydrogen (secondary N) is 2. The van der Waals surface area contributed by atoms with Crippen LogP contribution in [0.5, 0.6) is 0 Å². The van der Waals surface area contributed by atoms with Gasteiger partial charge in [-0.05, 0) is 48.2 Å². The van der Waals surface area contributed by atoms with Crippen LogP contribution >= 0.6 is 47.2 Å². The van der Waals surface area contributed by atoms with Crippen LogP contribution in [-0.4, -0.2) is 51.0 Å². The first-order chi connectivity index (χ1) is 13.4. The lowest BCUT2D eigenvalue weighted by Gasteiger charge is -2.14. The Morgan fingerprint density at radius 1 is 1.00 bits per heavy atom. The summed E-state index contributed by atoms with van der Waals surface area (Å²) in [5.74, 6) is 0.717. The van der Waals surface area contributed by atoms with Gasteiger partial charge in [-0.3, -0.25) is 9.79 Å². The van der Waals surface area contributed by atoms with E-state index in [-0.39, 0.29) is 29.9 Å². The predicted octanol–water partition coefficient (Wildman–Crippen LogP) is 4.26. The maximum Gasteiger partial charge on any atom is 0.253 e. The van der Waals surface area contributed by atoms with Crippen molar-refractivity contribution in [2.24, 2.45) is 4.99 Å². The van der Waals surface area contributed by atoms with E-state index in [9.17, 15) is 4.79 Å². The van der Waals surface area contributed by atoms with Crippen molar-refractivity contribution < 1.29 is 4.79 Å². The van der Waals surface area contributed by atoms with Gasteiger partial charge in [0.25, 0.3) is 5.91 Å². The van der Waals surface area contributed by atoms with Crippen LogP contribution in [0, 0.1) is 0 Å². The van der Waals surface area contributed by atoms with Gasteiger partial charge in [-0.2, -0.15) is 0 Å². The lowest BCUT2D eigenvalue weighted by atomic mass is 10.1. The second-order valence-electron chi connectivity index (χ2n) is 6.53. The second-order valence-corrected chi connectivity index (χ2v) is 7.34. The van der Waals surface area contributed by atoms with Crippen molar-refractivity contribution in [3.8, 4) is 0 Å². The maximum absolute atomic E-state index is 12.1. The molecule has 0 radical (unpaired) electrons. The van der Waals surface area contributed by atoms with Crippen LogP contribution in [0.25, 0.3) is 0 Å². The molecule has 2 N–H and O–H groups in total. The quantitative estimate of drug-likeness (QED) is 0.309. The molecule has 2 aromatic rings. The SMILES string of the molecule is CN=C(NCCc1cccc(C(=O)N(C)C)c1)NCCc1c(Cl)cccc1Cl.I. The van der Waals surface area contributed by atoms with Gasteiger partial charge in [0.1, 0.15) is 0 Å². The van der Waals surface area contributed by atoms with Gasteiger partial charge >= 0.3 is 0 Å². The first kappa shape index (κ1) is 25.5. The number of aliphatic imine (C=N–C) groups is 1. The first-order valence-electron chi connectivity index (χ1n) is 9.10. The molecule has 2 aromatic carbocycles.